The monoisotopic (exact) mass is 282 g/mol. The molecule has 4 nitrogen and oxygen atoms in total. The van der Waals surface area contributed by atoms with Crippen molar-refractivity contribution in [3.8, 4) is 0 Å². The molecule has 1 saturated heterocycles. The normalized spacial score (nSPS) is 15.9. The van der Waals surface area contributed by atoms with E-state index >= 15 is 0 Å². The van der Waals surface area contributed by atoms with Crippen LogP contribution < -0.4 is 9.62 Å². The zero-order chi connectivity index (χ0) is 13.7. The van der Waals surface area contributed by atoms with Gasteiger partial charge in [0.2, 0.25) is 10.0 Å². The number of para-hydroxylation sites is 1. The van der Waals surface area contributed by atoms with E-state index in [1.165, 1.54) is 0 Å². The molecule has 0 unspecified atom stereocenters. The molecule has 1 aliphatic heterocycles. The fourth-order valence-corrected chi connectivity index (χ4v) is 3.66. The number of anilines is 1. The lowest BCUT2D eigenvalue weighted by Gasteiger charge is -2.21. The molecular formula is C14H22N2O2S. The van der Waals surface area contributed by atoms with Crippen LogP contribution in [-0.4, -0.2) is 28.1 Å². The third-order valence-corrected chi connectivity index (χ3v) is 4.93. The number of nitrogens with one attached hydrogen (secondary N) is 1. The van der Waals surface area contributed by atoms with Crippen molar-refractivity contribution in [2.45, 2.75) is 37.5 Å². The molecule has 0 amide bonds. The van der Waals surface area contributed by atoms with Crippen molar-refractivity contribution in [1.82, 2.24) is 4.72 Å². The Morgan fingerprint density at radius 2 is 1.89 bits per heavy atom. The summed E-state index contributed by atoms with van der Waals surface area (Å²) in [5, 5.41) is 0. The highest BCUT2D eigenvalue weighted by molar-refractivity contribution is 7.89. The second kappa shape index (κ2) is 6.39. The summed E-state index contributed by atoms with van der Waals surface area (Å²) >= 11 is 0. The van der Waals surface area contributed by atoms with E-state index in [0.717, 1.165) is 44.5 Å². The van der Waals surface area contributed by atoms with Crippen LogP contribution in [0.4, 0.5) is 5.69 Å². The summed E-state index contributed by atoms with van der Waals surface area (Å²) in [7, 11) is -3.39. The molecule has 106 valence electrons. The number of sulfonamides is 1. The van der Waals surface area contributed by atoms with Crippen molar-refractivity contribution >= 4 is 15.7 Å². The van der Waals surface area contributed by atoms with Crippen LogP contribution in [-0.2, 0) is 10.0 Å². The lowest BCUT2D eigenvalue weighted by atomic mass is 10.3. The van der Waals surface area contributed by atoms with Gasteiger partial charge in [-0.3, -0.25) is 0 Å². The van der Waals surface area contributed by atoms with Gasteiger partial charge in [0.1, 0.15) is 4.90 Å². The van der Waals surface area contributed by atoms with E-state index in [9.17, 15) is 8.42 Å². The molecule has 1 aliphatic rings. The van der Waals surface area contributed by atoms with E-state index in [-0.39, 0.29) is 0 Å². The minimum atomic E-state index is -3.39. The summed E-state index contributed by atoms with van der Waals surface area (Å²) in [5.74, 6) is 0. The van der Waals surface area contributed by atoms with Crippen LogP contribution in [0.25, 0.3) is 0 Å². The lowest BCUT2D eigenvalue weighted by molar-refractivity contribution is 0.578. The molecule has 0 aromatic heterocycles. The summed E-state index contributed by atoms with van der Waals surface area (Å²) in [6, 6.07) is 7.29. The smallest absolute Gasteiger partial charge is 0.242 e. The molecule has 19 heavy (non-hydrogen) atoms. The molecule has 1 aromatic rings. The predicted molar refractivity (Wildman–Crippen MR) is 78.0 cm³/mol. The third kappa shape index (κ3) is 3.48. The van der Waals surface area contributed by atoms with Crippen LogP contribution in [0.5, 0.6) is 0 Å². The van der Waals surface area contributed by atoms with Gasteiger partial charge in [-0.15, -0.1) is 0 Å². The zero-order valence-corrected chi connectivity index (χ0v) is 12.2. The molecule has 0 atom stereocenters. The summed E-state index contributed by atoms with van der Waals surface area (Å²) in [5.41, 5.74) is 0.837. The molecular weight excluding hydrogens is 260 g/mol. The van der Waals surface area contributed by atoms with E-state index in [4.69, 9.17) is 0 Å². The van der Waals surface area contributed by atoms with Crippen molar-refractivity contribution in [3.63, 3.8) is 0 Å². The first kappa shape index (κ1) is 14.3. The van der Waals surface area contributed by atoms with Gasteiger partial charge >= 0.3 is 0 Å². The molecule has 0 spiro atoms. The van der Waals surface area contributed by atoms with Gasteiger partial charge in [0.25, 0.3) is 0 Å². The van der Waals surface area contributed by atoms with Crippen LogP contribution in [0.3, 0.4) is 0 Å². The molecule has 5 heteroatoms. The highest BCUT2D eigenvalue weighted by atomic mass is 32.2. The lowest BCUT2D eigenvalue weighted by Crippen LogP contribution is -2.28. The van der Waals surface area contributed by atoms with E-state index < -0.39 is 10.0 Å². The van der Waals surface area contributed by atoms with Gasteiger partial charge in [-0.2, -0.15) is 0 Å². The van der Waals surface area contributed by atoms with Crippen molar-refractivity contribution in [2.24, 2.45) is 0 Å². The third-order valence-electron chi connectivity index (χ3n) is 3.42. The predicted octanol–water partition coefficient (Wildman–Crippen LogP) is 2.37. The second-order valence-corrected chi connectivity index (χ2v) is 6.65. The molecule has 2 rings (SSSR count). The van der Waals surface area contributed by atoms with Gasteiger partial charge < -0.3 is 4.90 Å². The van der Waals surface area contributed by atoms with Crippen LogP contribution in [0, 0.1) is 0 Å². The van der Waals surface area contributed by atoms with Crippen LogP contribution >= 0.6 is 0 Å². The number of benzene rings is 1. The number of hydrogen-bond donors (Lipinski definition) is 1. The van der Waals surface area contributed by atoms with Gasteiger partial charge in [0.05, 0.1) is 5.69 Å². The Balaban J connectivity index is 2.23. The molecule has 1 fully saturated rings. The Hall–Kier alpha value is -1.07. The Morgan fingerprint density at radius 3 is 2.58 bits per heavy atom. The van der Waals surface area contributed by atoms with Crippen molar-refractivity contribution in [3.05, 3.63) is 24.3 Å². The maximum Gasteiger partial charge on any atom is 0.242 e. The van der Waals surface area contributed by atoms with Gasteiger partial charge in [0, 0.05) is 19.6 Å². The largest absolute Gasteiger partial charge is 0.370 e. The second-order valence-electron chi connectivity index (χ2n) is 4.91. The Kier molecular flexibility index (Phi) is 4.82. The van der Waals surface area contributed by atoms with Gasteiger partial charge in [-0.25, -0.2) is 13.1 Å². The molecule has 1 heterocycles. The highest BCUT2D eigenvalue weighted by Crippen LogP contribution is 2.27. The topological polar surface area (TPSA) is 49.4 Å². The molecule has 0 radical (unpaired) electrons. The summed E-state index contributed by atoms with van der Waals surface area (Å²) in [6.07, 6.45) is 4.12. The van der Waals surface area contributed by atoms with E-state index in [0.29, 0.717) is 11.4 Å². The average molecular weight is 282 g/mol. The molecule has 0 saturated carbocycles. The quantitative estimate of drug-likeness (QED) is 0.815. The first-order chi connectivity index (χ1) is 9.15. The van der Waals surface area contributed by atoms with Crippen molar-refractivity contribution < 1.29 is 8.42 Å². The number of rotatable bonds is 6. The Labute approximate surface area is 115 Å². The average Bonchev–Trinajstić information content (AvgIpc) is 2.93. The standard InChI is InChI=1S/C14H22N2O2S/c1-2-3-10-15-19(17,18)14-9-5-4-8-13(14)16-11-6-7-12-16/h4-5,8-9,15H,2-3,6-7,10-12H2,1H3. The number of hydrogen-bond acceptors (Lipinski definition) is 3. The van der Waals surface area contributed by atoms with E-state index in [1.54, 1.807) is 12.1 Å². The number of unbranched alkanes of at least 4 members (excludes halogenated alkanes) is 1. The Bertz CT molecular complexity index is 508. The summed E-state index contributed by atoms with van der Waals surface area (Å²) in [4.78, 5) is 2.57. The van der Waals surface area contributed by atoms with E-state index in [2.05, 4.69) is 9.62 Å². The van der Waals surface area contributed by atoms with Gasteiger partial charge in [-0.05, 0) is 31.4 Å². The Morgan fingerprint density at radius 1 is 1.21 bits per heavy atom. The maximum atomic E-state index is 12.3. The first-order valence-electron chi connectivity index (χ1n) is 6.99. The molecule has 0 aliphatic carbocycles. The summed E-state index contributed by atoms with van der Waals surface area (Å²) < 4.78 is 27.4. The minimum absolute atomic E-state index is 0.410. The van der Waals surface area contributed by atoms with Crippen molar-refractivity contribution in [2.75, 3.05) is 24.5 Å². The minimum Gasteiger partial charge on any atom is -0.370 e. The maximum absolute atomic E-state index is 12.3. The first-order valence-corrected chi connectivity index (χ1v) is 8.47. The molecule has 0 bridgehead atoms. The van der Waals surface area contributed by atoms with Crippen LogP contribution in [0.2, 0.25) is 0 Å². The fourth-order valence-electron chi connectivity index (χ4n) is 2.36. The molecule has 1 N–H and O–H groups in total. The highest BCUT2D eigenvalue weighted by Gasteiger charge is 2.22. The zero-order valence-electron chi connectivity index (χ0n) is 11.4. The van der Waals surface area contributed by atoms with Crippen LogP contribution in [0.1, 0.15) is 32.6 Å². The van der Waals surface area contributed by atoms with Crippen LogP contribution in [0.15, 0.2) is 29.2 Å². The summed E-state index contributed by atoms with van der Waals surface area (Å²) in [6.45, 7) is 4.45. The van der Waals surface area contributed by atoms with Gasteiger partial charge in [0.15, 0.2) is 0 Å². The van der Waals surface area contributed by atoms with Crippen molar-refractivity contribution in [1.29, 1.82) is 0 Å². The SMILES string of the molecule is CCCCNS(=O)(=O)c1ccccc1N1CCCC1. The van der Waals surface area contributed by atoms with E-state index in [1.807, 2.05) is 19.1 Å². The fraction of sp³-hybridized carbons (Fsp3) is 0.571. The molecule has 1 aromatic carbocycles. The van der Waals surface area contributed by atoms with Gasteiger partial charge in [-0.1, -0.05) is 25.5 Å². The number of nitrogens with zero attached hydrogens (tertiary/aromatic N) is 1.